The Morgan fingerprint density at radius 1 is 1.12 bits per heavy atom. The molecule has 0 radical (unpaired) electrons. The lowest BCUT2D eigenvalue weighted by Crippen LogP contribution is -2.55. The second-order valence-electron chi connectivity index (χ2n) is 10.3. The number of carbonyl (C=O) groups excluding carboxylic acids is 2. The largest absolute Gasteiger partial charge is 0.496 e. The summed E-state index contributed by atoms with van der Waals surface area (Å²) in [5, 5.41) is 2.73. The van der Waals surface area contributed by atoms with Gasteiger partial charge in [0.05, 0.1) is 28.5 Å². The SMILES string of the molecule is COc1cccc(F)c1-c1nccc(C(=O)Nc2ccc(Br)c(F)c2N2CCN(C(=O)OC(C)(C)C)[C@@H](C)C2)n1. The highest BCUT2D eigenvalue weighted by molar-refractivity contribution is 9.10. The number of nitrogens with one attached hydrogen (secondary N) is 1. The minimum atomic E-state index is -0.639. The molecule has 0 saturated carbocycles. The maximum Gasteiger partial charge on any atom is 0.410 e. The Bertz CT molecular complexity index is 1430. The van der Waals surface area contributed by atoms with E-state index in [-0.39, 0.29) is 44.7 Å². The summed E-state index contributed by atoms with van der Waals surface area (Å²) in [5.41, 5.74) is -0.282. The molecular formula is C28H30BrF2N5O4. The zero-order valence-electron chi connectivity index (χ0n) is 22.8. The molecule has 1 atom stereocenters. The van der Waals surface area contributed by atoms with Gasteiger partial charge in [0, 0.05) is 31.9 Å². The zero-order valence-corrected chi connectivity index (χ0v) is 24.4. The van der Waals surface area contributed by atoms with E-state index >= 15 is 4.39 Å². The van der Waals surface area contributed by atoms with Crippen LogP contribution in [0.25, 0.3) is 11.4 Å². The van der Waals surface area contributed by atoms with E-state index in [0.717, 1.165) is 0 Å². The molecule has 12 heteroatoms. The van der Waals surface area contributed by atoms with E-state index in [0.29, 0.717) is 19.6 Å². The predicted octanol–water partition coefficient (Wildman–Crippen LogP) is 5.89. The molecule has 40 heavy (non-hydrogen) atoms. The lowest BCUT2D eigenvalue weighted by molar-refractivity contribution is 0.0159. The number of halogens is 3. The number of methoxy groups -OCH3 is 1. The molecule has 0 aliphatic carbocycles. The molecule has 3 aromatic rings. The number of hydrogen-bond acceptors (Lipinski definition) is 7. The fourth-order valence-corrected chi connectivity index (χ4v) is 4.71. The first-order valence-electron chi connectivity index (χ1n) is 12.6. The molecule has 2 heterocycles. The van der Waals surface area contributed by atoms with E-state index in [4.69, 9.17) is 9.47 Å². The van der Waals surface area contributed by atoms with Crippen LogP contribution < -0.4 is 15.0 Å². The van der Waals surface area contributed by atoms with Crippen LogP contribution in [-0.2, 0) is 4.74 Å². The maximum atomic E-state index is 15.5. The van der Waals surface area contributed by atoms with Gasteiger partial charge in [-0.05, 0) is 74.0 Å². The molecular weight excluding hydrogens is 588 g/mol. The number of anilines is 2. The Morgan fingerprint density at radius 3 is 2.55 bits per heavy atom. The average Bonchev–Trinajstić information content (AvgIpc) is 2.89. The van der Waals surface area contributed by atoms with Crippen molar-refractivity contribution in [3.63, 3.8) is 0 Å². The fourth-order valence-electron chi connectivity index (χ4n) is 4.39. The van der Waals surface area contributed by atoms with Gasteiger partial charge in [0.1, 0.15) is 22.9 Å². The number of nitrogens with zero attached hydrogens (tertiary/aromatic N) is 4. The number of ether oxygens (including phenoxy) is 2. The lowest BCUT2D eigenvalue weighted by atomic mass is 10.1. The molecule has 212 valence electrons. The second kappa shape index (κ2) is 11.7. The molecule has 0 spiro atoms. The summed E-state index contributed by atoms with van der Waals surface area (Å²) >= 11 is 3.23. The summed E-state index contributed by atoms with van der Waals surface area (Å²) < 4.78 is 41.0. The first-order chi connectivity index (χ1) is 18.9. The minimum Gasteiger partial charge on any atom is -0.496 e. The minimum absolute atomic E-state index is 0.0203. The summed E-state index contributed by atoms with van der Waals surface area (Å²) in [6.07, 6.45) is 0.901. The lowest BCUT2D eigenvalue weighted by Gasteiger charge is -2.41. The predicted molar refractivity (Wildman–Crippen MR) is 151 cm³/mol. The van der Waals surface area contributed by atoms with Crippen LogP contribution in [0.3, 0.4) is 0 Å². The molecule has 2 amide bonds. The molecule has 9 nitrogen and oxygen atoms in total. The van der Waals surface area contributed by atoms with Gasteiger partial charge in [-0.25, -0.2) is 23.5 Å². The Hall–Kier alpha value is -3.80. The van der Waals surface area contributed by atoms with Crippen LogP contribution in [0.1, 0.15) is 38.2 Å². The van der Waals surface area contributed by atoms with Gasteiger partial charge in [-0.2, -0.15) is 0 Å². The number of carbonyl (C=O) groups is 2. The maximum absolute atomic E-state index is 15.5. The van der Waals surface area contributed by atoms with E-state index in [1.54, 1.807) is 42.7 Å². The molecule has 1 aliphatic heterocycles. The van der Waals surface area contributed by atoms with E-state index in [1.807, 2.05) is 6.92 Å². The second-order valence-corrected chi connectivity index (χ2v) is 11.1. The third-order valence-corrected chi connectivity index (χ3v) is 6.81. The summed E-state index contributed by atoms with van der Waals surface area (Å²) in [5.74, 6) is -1.61. The van der Waals surface area contributed by atoms with Gasteiger partial charge in [-0.1, -0.05) is 6.07 Å². The Labute approximate surface area is 239 Å². The van der Waals surface area contributed by atoms with Crippen molar-refractivity contribution in [2.75, 3.05) is 37.0 Å². The quantitative estimate of drug-likeness (QED) is 0.381. The molecule has 1 fully saturated rings. The van der Waals surface area contributed by atoms with Crippen LogP contribution in [0.4, 0.5) is 25.0 Å². The molecule has 1 aromatic heterocycles. The highest BCUT2D eigenvalue weighted by atomic mass is 79.9. The van der Waals surface area contributed by atoms with E-state index in [2.05, 4.69) is 31.2 Å². The summed E-state index contributed by atoms with van der Waals surface area (Å²) in [6.45, 7) is 8.16. The monoisotopic (exact) mass is 617 g/mol. The van der Waals surface area contributed by atoms with Crippen LogP contribution in [0.5, 0.6) is 5.75 Å². The Kier molecular flexibility index (Phi) is 8.57. The van der Waals surface area contributed by atoms with Crippen LogP contribution in [0.2, 0.25) is 0 Å². The van der Waals surface area contributed by atoms with Gasteiger partial charge in [0.25, 0.3) is 5.91 Å². The standard InChI is InChI=1S/C28H30BrF2N5O4/c1-16-15-35(13-14-36(16)27(38)40-28(2,3)4)24-19(10-9-17(29)23(24)31)34-26(37)20-11-12-32-25(33-20)22-18(30)7-6-8-21(22)39-5/h6-12,16H,13-15H2,1-5H3,(H,34,37)/t16-/m0/s1. The number of amides is 2. The first-order valence-corrected chi connectivity index (χ1v) is 13.4. The molecule has 0 unspecified atom stereocenters. The summed E-state index contributed by atoms with van der Waals surface area (Å²) in [7, 11) is 1.40. The fraction of sp³-hybridized carbons (Fsp3) is 0.357. The van der Waals surface area contributed by atoms with Crippen molar-refractivity contribution in [1.29, 1.82) is 0 Å². The highest BCUT2D eigenvalue weighted by Crippen LogP contribution is 2.36. The normalized spacial score (nSPS) is 15.6. The Balaban J connectivity index is 1.59. The topological polar surface area (TPSA) is 96.9 Å². The number of aromatic nitrogens is 2. The zero-order chi connectivity index (χ0) is 29.2. The molecule has 1 saturated heterocycles. The number of hydrogen-bond donors (Lipinski definition) is 1. The van der Waals surface area contributed by atoms with Gasteiger partial charge < -0.3 is 24.6 Å². The van der Waals surface area contributed by atoms with E-state index in [1.165, 1.54) is 37.6 Å². The van der Waals surface area contributed by atoms with Crippen molar-refractivity contribution in [2.45, 2.75) is 39.3 Å². The van der Waals surface area contributed by atoms with E-state index in [9.17, 15) is 14.0 Å². The van der Waals surface area contributed by atoms with Gasteiger partial charge in [0.15, 0.2) is 11.6 Å². The summed E-state index contributed by atoms with van der Waals surface area (Å²) in [6, 6.07) is 8.46. The van der Waals surface area contributed by atoms with Crippen molar-refractivity contribution in [1.82, 2.24) is 14.9 Å². The van der Waals surface area contributed by atoms with E-state index < -0.39 is 29.2 Å². The van der Waals surface area contributed by atoms with Gasteiger partial charge in [0.2, 0.25) is 0 Å². The molecule has 2 aromatic carbocycles. The smallest absolute Gasteiger partial charge is 0.410 e. The van der Waals surface area contributed by atoms with Crippen molar-refractivity contribution in [3.8, 4) is 17.1 Å². The number of benzene rings is 2. The molecule has 4 rings (SSSR count). The van der Waals surface area contributed by atoms with Gasteiger partial charge >= 0.3 is 6.09 Å². The number of rotatable bonds is 5. The molecule has 1 N–H and O–H groups in total. The van der Waals surface area contributed by atoms with Crippen LogP contribution in [0, 0.1) is 11.6 Å². The van der Waals surface area contributed by atoms with Crippen molar-refractivity contribution in [2.24, 2.45) is 0 Å². The van der Waals surface area contributed by atoms with Crippen LogP contribution in [0.15, 0.2) is 47.1 Å². The first kappa shape index (κ1) is 29.2. The number of piperazine rings is 1. The van der Waals surface area contributed by atoms with Gasteiger partial charge in [-0.3, -0.25) is 4.79 Å². The van der Waals surface area contributed by atoms with Crippen LogP contribution >= 0.6 is 15.9 Å². The third-order valence-electron chi connectivity index (χ3n) is 6.20. The van der Waals surface area contributed by atoms with Crippen molar-refractivity contribution < 1.29 is 27.8 Å². The highest BCUT2D eigenvalue weighted by Gasteiger charge is 2.33. The molecule has 1 aliphatic rings. The third kappa shape index (κ3) is 6.33. The van der Waals surface area contributed by atoms with Gasteiger partial charge in [-0.15, -0.1) is 0 Å². The van der Waals surface area contributed by atoms with Crippen molar-refractivity contribution in [3.05, 3.63) is 64.4 Å². The molecule has 0 bridgehead atoms. The van der Waals surface area contributed by atoms with Crippen molar-refractivity contribution >= 4 is 39.3 Å². The summed E-state index contributed by atoms with van der Waals surface area (Å²) in [4.78, 5) is 37.6. The average molecular weight is 618 g/mol. The Morgan fingerprint density at radius 2 is 1.88 bits per heavy atom. The van der Waals surface area contributed by atoms with Crippen LogP contribution in [-0.4, -0.2) is 65.3 Å².